The first kappa shape index (κ1) is 15.4. The summed E-state index contributed by atoms with van der Waals surface area (Å²) in [6.45, 7) is 2.71. The van der Waals surface area contributed by atoms with E-state index in [1.807, 2.05) is 25.1 Å². The van der Waals surface area contributed by atoms with Gasteiger partial charge in [-0.15, -0.1) is 0 Å². The Morgan fingerprint density at radius 3 is 2.85 bits per heavy atom. The zero-order valence-corrected chi connectivity index (χ0v) is 13.7. The van der Waals surface area contributed by atoms with Gasteiger partial charge < -0.3 is 10.1 Å². The first-order valence-electron chi connectivity index (χ1n) is 7.18. The van der Waals surface area contributed by atoms with Crippen molar-refractivity contribution >= 4 is 21.8 Å². The molecule has 1 aromatic carbocycles. The van der Waals surface area contributed by atoms with Gasteiger partial charge in [0.15, 0.2) is 0 Å². The quantitative estimate of drug-likeness (QED) is 0.849. The molecule has 20 heavy (non-hydrogen) atoms. The fourth-order valence-corrected chi connectivity index (χ4v) is 3.49. The summed E-state index contributed by atoms with van der Waals surface area (Å²) in [6, 6.07) is 5.67. The number of ether oxygens (including phenoxy) is 1. The summed E-state index contributed by atoms with van der Waals surface area (Å²) in [6.07, 6.45) is 4.93. The van der Waals surface area contributed by atoms with Crippen LogP contribution in [0.3, 0.4) is 0 Å². The van der Waals surface area contributed by atoms with Crippen LogP contribution in [-0.2, 0) is 0 Å². The molecular weight excluding hydrogens is 318 g/mol. The molecule has 0 spiro atoms. The number of hydrogen-bond donors (Lipinski definition) is 1. The molecule has 3 nitrogen and oxygen atoms in total. The van der Waals surface area contributed by atoms with Gasteiger partial charge in [0.05, 0.1) is 12.7 Å². The summed E-state index contributed by atoms with van der Waals surface area (Å²) in [5.41, 5.74) is 1.68. The predicted molar refractivity (Wildman–Crippen MR) is 84.7 cm³/mol. The third-order valence-electron chi connectivity index (χ3n) is 3.94. The van der Waals surface area contributed by atoms with Gasteiger partial charge in [-0.05, 0) is 37.8 Å². The lowest BCUT2D eigenvalue weighted by Crippen LogP contribution is -2.34. The third kappa shape index (κ3) is 3.75. The molecule has 0 aliphatic heterocycles. The Labute approximate surface area is 129 Å². The molecule has 1 saturated carbocycles. The van der Waals surface area contributed by atoms with Crippen LogP contribution in [0.5, 0.6) is 5.75 Å². The van der Waals surface area contributed by atoms with Crippen LogP contribution in [0.2, 0.25) is 0 Å². The maximum Gasteiger partial charge on any atom is 0.255 e. The normalized spacial score (nSPS) is 22.4. The van der Waals surface area contributed by atoms with E-state index in [1.165, 1.54) is 25.7 Å². The van der Waals surface area contributed by atoms with Gasteiger partial charge in [0.25, 0.3) is 5.91 Å². The molecule has 110 valence electrons. The van der Waals surface area contributed by atoms with Gasteiger partial charge >= 0.3 is 0 Å². The molecule has 1 N–H and O–H groups in total. The number of hydrogen-bond acceptors (Lipinski definition) is 2. The number of carbonyl (C=O) groups excluding carboxylic acids is 1. The van der Waals surface area contributed by atoms with Crippen molar-refractivity contribution in [1.29, 1.82) is 0 Å². The highest BCUT2D eigenvalue weighted by Gasteiger charge is 2.23. The van der Waals surface area contributed by atoms with Crippen molar-refractivity contribution in [2.45, 2.75) is 37.4 Å². The van der Waals surface area contributed by atoms with Crippen molar-refractivity contribution in [2.75, 3.05) is 13.7 Å². The molecule has 2 unspecified atom stereocenters. The van der Waals surface area contributed by atoms with Gasteiger partial charge in [0, 0.05) is 11.4 Å². The molecule has 2 rings (SSSR count). The number of methoxy groups -OCH3 is 1. The molecule has 4 heteroatoms. The van der Waals surface area contributed by atoms with Gasteiger partial charge in [0.2, 0.25) is 0 Å². The largest absolute Gasteiger partial charge is 0.496 e. The number of aryl methyl sites for hydroxylation is 1. The van der Waals surface area contributed by atoms with Gasteiger partial charge in [-0.1, -0.05) is 40.4 Å². The van der Waals surface area contributed by atoms with Crippen LogP contribution in [0.15, 0.2) is 18.2 Å². The van der Waals surface area contributed by atoms with E-state index >= 15 is 0 Å². The fourth-order valence-electron chi connectivity index (χ4n) is 2.71. The average molecular weight is 340 g/mol. The molecule has 0 bridgehead atoms. The molecule has 1 aromatic rings. The van der Waals surface area contributed by atoms with Crippen molar-refractivity contribution in [3.63, 3.8) is 0 Å². The minimum Gasteiger partial charge on any atom is -0.496 e. The summed E-state index contributed by atoms with van der Waals surface area (Å²) in [5.74, 6) is 1.12. The van der Waals surface area contributed by atoms with Crippen molar-refractivity contribution in [3.05, 3.63) is 29.3 Å². The maximum absolute atomic E-state index is 12.3. The van der Waals surface area contributed by atoms with Crippen LogP contribution in [-0.4, -0.2) is 24.4 Å². The van der Waals surface area contributed by atoms with E-state index in [4.69, 9.17) is 4.74 Å². The molecule has 0 saturated heterocycles. The molecule has 1 aliphatic carbocycles. The molecule has 0 aromatic heterocycles. The molecular formula is C16H22BrNO2. The second-order valence-electron chi connectivity index (χ2n) is 5.47. The minimum atomic E-state index is -0.0455. The Bertz CT molecular complexity index is 476. The smallest absolute Gasteiger partial charge is 0.255 e. The van der Waals surface area contributed by atoms with E-state index in [0.717, 1.165) is 12.1 Å². The van der Waals surface area contributed by atoms with Crippen LogP contribution in [0.25, 0.3) is 0 Å². The topological polar surface area (TPSA) is 38.3 Å². The number of amides is 1. The van der Waals surface area contributed by atoms with Gasteiger partial charge in [0.1, 0.15) is 5.75 Å². The molecule has 2 atom stereocenters. The van der Waals surface area contributed by atoms with E-state index in [9.17, 15) is 4.79 Å². The van der Waals surface area contributed by atoms with Crippen molar-refractivity contribution in [2.24, 2.45) is 5.92 Å². The Morgan fingerprint density at radius 2 is 2.15 bits per heavy atom. The van der Waals surface area contributed by atoms with Crippen LogP contribution in [0.4, 0.5) is 0 Å². The standard InChI is InChI=1S/C16H22BrNO2/c1-11-7-8-15(20-2)13(9-11)16(19)18-10-12-5-3-4-6-14(12)17/h7-9,12,14H,3-6,10H2,1-2H3,(H,18,19). The first-order chi connectivity index (χ1) is 9.61. The predicted octanol–water partition coefficient (Wildman–Crippen LogP) is 3.69. The Morgan fingerprint density at radius 1 is 1.40 bits per heavy atom. The number of carbonyl (C=O) groups is 1. The van der Waals surface area contributed by atoms with E-state index in [0.29, 0.717) is 22.1 Å². The zero-order valence-electron chi connectivity index (χ0n) is 12.1. The lowest BCUT2D eigenvalue weighted by Gasteiger charge is -2.27. The molecule has 0 radical (unpaired) electrons. The average Bonchev–Trinajstić information content (AvgIpc) is 2.46. The number of alkyl halides is 1. The minimum absolute atomic E-state index is 0.0455. The second-order valence-corrected chi connectivity index (χ2v) is 6.65. The molecule has 1 aliphatic rings. The monoisotopic (exact) mass is 339 g/mol. The number of rotatable bonds is 4. The third-order valence-corrected chi connectivity index (χ3v) is 5.15. The zero-order chi connectivity index (χ0) is 14.5. The second kappa shape index (κ2) is 7.11. The molecule has 1 fully saturated rings. The summed E-state index contributed by atoms with van der Waals surface area (Å²) >= 11 is 3.72. The van der Waals surface area contributed by atoms with Gasteiger partial charge in [-0.25, -0.2) is 0 Å². The van der Waals surface area contributed by atoms with Crippen molar-refractivity contribution in [1.82, 2.24) is 5.32 Å². The lowest BCUT2D eigenvalue weighted by atomic mass is 9.89. The number of halogens is 1. The number of nitrogens with one attached hydrogen (secondary N) is 1. The SMILES string of the molecule is COc1ccc(C)cc1C(=O)NCC1CCCCC1Br. The van der Waals surface area contributed by atoms with E-state index < -0.39 is 0 Å². The summed E-state index contributed by atoms with van der Waals surface area (Å²) in [5, 5.41) is 3.05. The number of benzene rings is 1. The lowest BCUT2D eigenvalue weighted by molar-refractivity contribution is 0.0941. The van der Waals surface area contributed by atoms with Gasteiger partial charge in [-0.2, -0.15) is 0 Å². The highest BCUT2D eigenvalue weighted by Crippen LogP contribution is 2.29. The van der Waals surface area contributed by atoms with Gasteiger partial charge in [-0.3, -0.25) is 4.79 Å². The molecule has 1 amide bonds. The van der Waals surface area contributed by atoms with E-state index in [1.54, 1.807) is 7.11 Å². The van der Waals surface area contributed by atoms with Crippen molar-refractivity contribution < 1.29 is 9.53 Å². The Balaban J connectivity index is 1.99. The van der Waals surface area contributed by atoms with E-state index in [-0.39, 0.29) is 5.91 Å². The van der Waals surface area contributed by atoms with Crippen LogP contribution >= 0.6 is 15.9 Å². The van der Waals surface area contributed by atoms with E-state index in [2.05, 4.69) is 21.2 Å². The Hall–Kier alpha value is -1.03. The first-order valence-corrected chi connectivity index (χ1v) is 8.10. The van der Waals surface area contributed by atoms with Crippen LogP contribution in [0, 0.1) is 12.8 Å². The Kier molecular flexibility index (Phi) is 5.46. The highest BCUT2D eigenvalue weighted by molar-refractivity contribution is 9.09. The summed E-state index contributed by atoms with van der Waals surface area (Å²) in [7, 11) is 1.59. The summed E-state index contributed by atoms with van der Waals surface area (Å²) < 4.78 is 5.26. The maximum atomic E-state index is 12.3. The molecule has 0 heterocycles. The van der Waals surface area contributed by atoms with Crippen LogP contribution in [0.1, 0.15) is 41.6 Å². The van der Waals surface area contributed by atoms with Crippen molar-refractivity contribution in [3.8, 4) is 5.75 Å². The van der Waals surface area contributed by atoms with Crippen LogP contribution < -0.4 is 10.1 Å². The summed E-state index contributed by atoms with van der Waals surface area (Å²) in [4.78, 5) is 12.8. The highest BCUT2D eigenvalue weighted by atomic mass is 79.9. The fraction of sp³-hybridized carbons (Fsp3) is 0.562.